The summed E-state index contributed by atoms with van der Waals surface area (Å²) in [6, 6.07) is 11.1. The molecule has 3 rings (SSSR count). The first kappa shape index (κ1) is 23.4. The van der Waals surface area contributed by atoms with Crippen LogP contribution in [0.25, 0.3) is 5.76 Å². The van der Waals surface area contributed by atoms with Crippen molar-refractivity contribution in [3.05, 3.63) is 80.4 Å². The summed E-state index contributed by atoms with van der Waals surface area (Å²) in [6.07, 6.45) is 0. The molecule has 0 spiro atoms. The molecule has 1 aliphatic rings. The van der Waals surface area contributed by atoms with Gasteiger partial charge in [-0.1, -0.05) is 23.7 Å². The average Bonchev–Trinajstić information content (AvgIpc) is 3.04. The van der Waals surface area contributed by atoms with E-state index in [1.54, 1.807) is 30.3 Å². The van der Waals surface area contributed by atoms with Crippen molar-refractivity contribution in [1.29, 1.82) is 0 Å². The van der Waals surface area contributed by atoms with Gasteiger partial charge in [-0.25, -0.2) is 0 Å². The molecule has 1 atom stereocenters. The number of carbonyl (C=O) groups excluding carboxylic acids is 2. The molecule has 0 aromatic heterocycles. The molecular formula is C23H25ClN3O5+. The molecule has 2 aromatic carbocycles. The highest BCUT2D eigenvalue weighted by atomic mass is 35.5. The molecule has 9 heteroatoms. The number of halogens is 1. The molecule has 1 aliphatic heterocycles. The minimum atomic E-state index is -0.930. The summed E-state index contributed by atoms with van der Waals surface area (Å²) in [4.78, 5) is 39.4. The van der Waals surface area contributed by atoms with Gasteiger partial charge in [0.2, 0.25) is 0 Å². The number of Topliss-reactive ketones (excluding diaryl/α,β-unsaturated/α-hetero) is 1. The number of nitro benzene ring substituents is 1. The van der Waals surface area contributed by atoms with Gasteiger partial charge in [0, 0.05) is 22.7 Å². The highest BCUT2D eigenvalue weighted by molar-refractivity contribution is 6.46. The number of ketones is 1. The SMILES string of the molecule is CC[NH+](CC)CCN1C(=O)C(=O)C(=C(O)c2ccc(Cl)cc2)[C@@H]1c1cccc([N+](=O)[O-])c1. The minimum absolute atomic E-state index is 0.0904. The summed E-state index contributed by atoms with van der Waals surface area (Å²) < 4.78 is 0. The number of quaternary nitrogens is 1. The van der Waals surface area contributed by atoms with Crippen LogP contribution in [-0.2, 0) is 9.59 Å². The van der Waals surface area contributed by atoms with Crippen molar-refractivity contribution in [2.75, 3.05) is 26.2 Å². The standard InChI is InChI=1S/C23H24ClN3O5/c1-3-25(4-2)12-13-26-20(16-6-5-7-18(14-16)27(31)32)19(22(29)23(26)30)21(28)15-8-10-17(24)11-9-15/h5-11,14,20,28H,3-4,12-13H2,1-2H3/p+1/t20-/m0/s1. The van der Waals surface area contributed by atoms with Crippen LogP contribution in [0.15, 0.2) is 54.1 Å². The number of likely N-dealkylation sites (tertiary alicyclic amines) is 1. The van der Waals surface area contributed by atoms with Crippen molar-refractivity contribution in [2.24, 2.45) is 0 Å². The number of likely N-dealkylation sites (N-methyl/N-ethyl adjacent to an activating group) is 1. The zero-order chi connectivity index (χ0) is 23.4. The van der Waals surface area contributed by atoms with Gasteiger partial charge in [-0.2, -0.15) is 0 Å². The number of hydrogen-bond acceptors (Lipinski definition) is 5. The summed E-state index contributed by atoms with van der Waals surface area (Å²) in [7, 11) is 0. The summed E-state index contributed by atoms with van der Waals surface area (Å²) in [5.41, 5.74) is 0.474. The number of amides is 1. The molecule has 0 radical (unpaired) electrons. The molecule has 168 valence electrons. The van der Waals surface area contributed by atoms with Gasteiger partial charge < -0.3 is 14.9 Å². The Morgan fingerprint density at radius 3 is 2.41 bits per heavy atom. The van der Waals surface area contributed by atoms with Crippen LogP contribution in [0.2, 0.25) is 5.02 Å². The van der Waals surface area contributed by atoms with Crippen molar-refractivity contribution in [3.63, 3.8) is 0 Å². The van der Waals surface area contributed by atoms with Gasteiger partial charge in [0.25, 0.3) is 17.4 Å². The zero-order valence-corrected chi connectivity index (χ0v) is 18.6. The maximum absolute atomic E-state index is 13.0. The second kappa shape index (κ2) is 9.93. The van der Waals surface area contributed by atoms with Gasteiger partial charge in [0.1, 0.15) is 5.76 Å². The lowest BCUT2D eigenvalue weighted by Crippen LogP contribution is -3.12. The minimum Gasteiger partial charge on any atom is -0.507 e. The van der Waals surface area contributed by atoms with Crippen molar-refractivity contribution >= 4 is 34.7 Å². The molecule has 2 N–H and O–H groups in total. The van der Waals surface area contributed by atoms with E-state index in [1.807, 2.05) is 13.8 Å². The largest absolute Gasteiger partial charge is 0.507 e. The Morgan fingerprint density at radius 2 is 1.81 bits per heavy atom. The fourth-order valence-electron chi connectivity index (χ4n) is 3.91. The quantitative estimate of drug-likeness (QED) is 0.208. The summed E-state index contributed by atoms with van der Waals surface area (Å²) in [5.74, 6) is -1.89. The maximum Gasteiger partial charge on any atom is 0.295 e. The average molecular weight is 459 g/mol. The zero-order valence-electron chi connectivity index (χ0n) is 17.9. The van der Waals surface area contributed by atoms with E-state index in [-0.39, 0.29) is 23.6 Å². The van der Waals surface area contributed by atoms with Gasteiger partial charge in [-0.05, 0) is 43.7 Å². The molecule has 1 heterocycles. The molecule has 32 heavy (non-hydrogen) atoms. The van der Waals surface area contributed by atoms with E-state index < -0.39 is 22.7 Å². The lowest BCUT2D eigenvalue weighted by molar-refractivity contribution is -0.895. The lowest BCUT2D eigenvalue weighted by atomic mass is 9.95. The van der Waals surface area contributed by atoms with Gasteiger partial charge in [0.05, 0.1) is 42.7 Å². The third kappa shape index (κ3) is 4.66. The van der Waals surface area contributed by atoms with Gasteiger partial charge in [-0.3, -0.25) is 19.7 Å². The summed E-state index contributed by atoms with van der Waals surface area (Å²) in [5, 5.41) is 22.8. The summed E-state index contributed by atoms with van der Waals surface area (Å²) in [6.45, 7) is 6.65. The summed E-state index contributed by atoms with van der Waals surface area (Å²) >= 11 is 5.93. The molecule has 8 nitrogen and oxygen atoms in total. The number of hydrogen-bond donors (Lipinski definition) is 2. The van der Waals surface area contributed by atoms with Crippen molar-refractivity contribution < 1.29 is 24.5 Å². The van der Waals surface area contributed by atoms with E-state index in [9.17, 15) is 24.8 Å². The molecule has 1 saturated heterocycles. The van der Waals surface area contributed by atoms with Gasteiger partial charge >= 0.3 is 0 Å². The highest BCUT2D eigenvalue weighted by Gasteiger charge is 2.46. The van der Waals surface area contributed by atoms with Gasteiger partial charge in [-0.15, -0.1) is 0 Å². The van der Waals surface area contributed by atoms with Crippen LogP contribution in [0, 0.1) is 10.1 Å². The second-order valence-corrected chi connectivity index (χ2v) is 8.00. The van der Waals surface area contributed by atoms with Crippen molar-refractivity contribution in [3.8, 4) is 0 Å². The number of carbonyl (C=O) groups is 2. The molecule has 1 fully saturated rings. The second-order valence-electron chi connectivity index (χ2n) is 7.56. The molecule has 1 amide bonds. The number of non-ortho nitro benzene ring substituents is 1. The van der Waals surface area contributed by atoms with E-state index in [0.717, 1.165) is 13.1 Å². The molecular weight excluding hydrogens is 434 g/mol. The Bertz CT molecular complexity index is 1060. The number of nitro groups is 1. The van der Waals surface area contributed by atoms with E-state index in [0.29, 0.717) is 22.7 Å². The molecule has 2 aromatic rings. The predicted molar refractivity (Wildman–Crippen MR) is 120 cm³/mol. The van der Waals surface area contributed by atoms with Crippen LogP contribution in [0.3, 0.4) is 0 Å². The number of rotatable bonds is 8. The first-order valence-corrected chi connectivity index (χ1v) is 10.8. The van der Waals surface area contributed by atoms with Crippen LogP contribution in [0.4, 0.5) is 5.69 Å². The Kier molecular flexibility index (Phi) is 7.27. The van der Waals surface area contributed by atoms with Crippen LogP contribution in [0.5, 0.6) is 0 Å². The monoisotopic (exact) mass is 458 g/mol. The Morgan fingerprint density at radius 1 is 1.16 bits per heavy atom. The number of nitrogens with zero attached hydrogens (tertiary/aromatic N) is 2. The van der Waals surface area contributed by atoms with Crippen molar-refractivity contribution in [1.82, 2.24) is 4.90 Å². The molecule has 0 unspecified atom stereocenters. The topological polar surface area (TPSA) is 105 Å². The number of aliphatic hydroxyl groups excluding tert-OH is 1. The molecule has 0 aliphatic carbocycles. The lowest BCUT2D eigenvalue weighted by Gasteiger charge is -2.26. The third-order valence-corrected chi connectivity index (χ3v) is 6.01. The number of nitrogens with one attached hydrogen (secondary N) is 1. The fraction of sp³-hybridized carbons (Fsp3) is 0.304. The van der Waals surface area contributed by atoms with Crippen LogP contribution < -0.4 is 4.90 Å². The Hall–Kier alpha value is -3.23. The number of benzene rings is 2. The van der Waals surface area contributed by atoms with E-state index >= 15 is 0 Å². The Balaban J connectivity index is 2.13. The smallest absolute Gasteiger partial charge is 0.295 e. The van der Waals surface area contributed by atoms with Crippen LogP contribution >= 0.6 is 11.6 Å². The van der Waals surface area contributed by atoms with Crippen molar-refractivity contribution in [2.45, 2.75) is 19.9 Å². The van der Waals surface area contributed by atoms with E-state index in [2.05, 4.69) is 0 Å². The van der Waals surface area contributed by atoms with Crippen LogP contribution in [0.1, 0.15) is 31.0 Å². The normalized spacial score (nSPS) is 17.9. The molecule has 0 bridgehead atoms. The fourth-order valence-corrected chi connectivity index (χ4v) is 4.04. The molecule has 0 saturated carbocycles. The highest BCUT2D eigenvalue weighted by Crippen LogP contribution is 2.40. The Labute approximate surface area is 190 Å². The van der Waals surface area contributed by atoms with E-state index in [4.69, 9.17) is 11.6 Å². The first-order valence-electron chi connectivity index (χ1n) is 10.4. The third-order valence-electron chi connectivity index (χ3n) is 5.76. The first-order chi connectivity index (χ1) is 15.3. The predicted octanol–water partition coefficient (Wildman–Crippen LogP) is 2.59. The van der Waals surface area contributed by atoms with E-state index in [1.165, 1.54) is 28.0 Å². The van der Waals surface area contributed by atoms with Gasteiger partial charge in [0.15, 0.2) is 0 Å². The maximum atomic E-state index is 13.0. The van der Waals surface area contributed by atoms with Crippen LogP contribution in [-0.4, -0.2) is 52.8 Å². The number of aliphatic hydroxyl groups is 1.